The van der Waals surface area contributed by atoms with Gasteiger partial charge in [-0.2, -0.15) is 0 Å². The van der Waals surface area contributed by atoms with Gasteiger partial charge >= 0.3 is 5.97 Å². The summed E-state index contributed by atoms with van der Waals surface area (Å²) in [7, 11) is 1.38. The average molecular weight is 353 g/mol. The first kappa shape index (κ1) is 18.4. The number of benzene rings is 1. The number of carbonyl (C=O) groups excluding carboxylic acids is 2. The zero-order valence-electron chi connectivity index (χ0n) is 16.4. The average Bonchev–Trinajstić information content (AvgIpc) is 2.54. The number of methoxy groups -OCH3 is 1. The first-order chi connectivity index (χ1) is 12.1. The zero-order valence-corrected chi connectivity index (χ0v) is 16.4. The number of nitrogens with one attached hydrogen (secondary N) is 1. The minimum Gasteiger partial charge on any atom is -0.466 e. The minimum absolute atomic E-state index is 0.0836. The molecule has 0 bridgehead atoms. The van der Waals surface area contributed by atoms with E-state index in [1.54, 1.807) is 0 Å². The Morgan fingerprint density at radius 2 is 1.85 bits per heavy atom. The van der Waals surface area contributed by atoms with Gasteiger partial charge in [0.15, 0.2) is 5.78 Å². The van der Waals surface area contributed by atoms with Crippen molar-refractivity contribution in [2.24, 2.45) is 5.41 Å². The number of Topliss-reactive ketones (excluding diaryl/α,β-unsaturated/α-hetero) is 1. The van der Waals surface area contributed by atoms with Crippen molar-refractivity contribution in [2.45, 2.75) is 53.4 Å². The van der Waals surface area contributed by atoms with Crippen LogP contribution in [0, 0.1) is 19.3 Å². The van der Waals surface area contributed by atoms with Gasteiger partial charge in [0.05, 0.1) is 12.7 Å². The van der Waals surface area contributed by atoms with Gasteiger partial charge in [-0.15, -0.1) is 0 Å². The number of aryl methyl sites for hydroxylation is 2. The molecule has 1 atom stereocenters. The molecule has 0 fully saturated rings. The van der Waals surface area contributed by atoms with Crippen LogP contribution < -0.4 is 5.32 Å². The first-order valence-corrected chi connectivity index (χ1v) is 9.04. The largest absolute Gasteiger partial charge is 0.466 e. The summed E-state index contributed by atoms with van der Waals surface area (Å²) in [6.07, 6.45) is 1.28. The first-order valence-electron chi connectivity index (χ1n) is 9.04. The molecule has 1 N–H and O–H groups in total. The summed E-state index contributed by atoms with van der Waals surface area (Å²) in [5.74, 6) is -0.648. The highest BCUT2D eigenvalue weighted by Gasteiger charge is 2.42. The summed E-state index contributed by atoms with van der Waals surface area (Å²) >= 11 is 0. The van der Waals surface area contributed by atoms with E-state index in [0.717, 1.165) is 34.5 Å². The van der Waals surface area contributed by atoms with Crippen molar-refractivity contribution in [2.75, 3.05) is 7.11 Å². The second-order valence-corrected chi connectivity index (χ2v) is 8.27. The van der Waals surface area contributed by atoms with Crippen molar-refractivity contribution in [1.29, 1.82) is 0 Å². The standard InChI is InChI=1S/C22H27NO3/c1-12-7-8-15(9-13(12)2)19-18(21(25)26-6)14(3)23-16-10-22(4,5)11-17(24)20(16)19/h7-9,19,23H,10-11H2,1-6H3. The molecule has 1 aromatic rings. The Morgan fingerprint density at radius 3 is 2.46 bits per heavy atom. The van der Waals surface area contributed by atoms with Gasteiger partial charge in [0.25, 0.3) is 0 Å². The molecule has 26 heavy (non-hydrogen) atoms. The van der Waals surface area contributed by atoms with Gasteiger partial charge in [-0.3, -0.25) is 4.79 Å². The molecule has 2 aliphatic rings. The summed E-state index contributed by atoms with van der Waals surface area (Å²) in [6, 6.07) is 6.15. The lowest BCUT2D eigenvalue weighted by atomic mass is 9.68. The molecular formula is C22H27NO3. The second kappa shape index (κ2) is 6.42. The number of hydrogen-bond donors (Lipinski definition) is 1. The molecule has 0 radical (unpaired) electrons. The molecule has 1 aliphatic heterocycles. The Balaban J connectivity index is 2.22. The Labute approximate surface area is 155 Å². The van der Waals surface area contributed by atoms with E-state index in [1.807, 2.05) is 13.0 Å². The normalized spacial score (nSPS) is 22.1. The number of carbonyl (C=O) groups is 2. The Hall–Kier alpha value is -2.36. The Kier molecular flexibility index (Phi) is 4.55. The number of allylic oxidation sites excluding steroid dienone is 3. The SMILES string of the molecule is COC(=O)C1=C(C)NC2=C(C(=O)CC(C)(C)C2)C1c1ccc(C)c(C)c1. The van der Waals surface area contributed by atoms with E-state index in [0.29, 0.717) is 12.0 Å². The number of ketones is 1. The number of dihydropyridines is 1. The lowest BCUT2D eigenvalue weighted by molar-refractivity contribution is -0.136. The predicted molar refractivity (Wildman–Crippen MR) is 102 cm³/mol. The molecule has 138 valence electrons. The van der Waals surface area contributed by atoms with Crippen LogP contribution in [0.2, 0.25) is 0 Å². The second-order valence-electron chi connectivity index (χ2n) is 8.27. The van der Waals surface area contributed by atoms with Crippen LogP contribution in [0.25, 0.3) is 0 Å². The lowest BCUT2D eigenvalue weighted by Crippen LogP contribution is -2.38. The van der Waals surface area contributed by atoms with Crippen LogP contribution in [0.5, 0.6) is 0 Å². The predicted octanol–water partition coefficient (Wildman–Crippen LogP) is 4.08. The molecule has 0 saturated carbocycles. The van der Waals surface area contributed by atoms with Gasteiger partial charge < -0.3 is 10.1 Å². The molecule has 4 nitrogen and oxygen atoms in total. The van der Waals surface area contributed by atoms with E-state index < -0.39 is 0 Å². The minimum atomic E-state index is -0.387. The van der Waals surface area contributed by atoms with Gasteiger partial charge in [-0.05, 0) is 49.3 Å². The number of rotatable bonds is 2. The Morgan fingerprint density at radius 1 is 1.15 bits per heavy atom. The molecule has 0 amide bonds. The summed E-state index contributed by atoms with van der Waals surface area (Å²) in [5, 5.41) is 3.33. The van der Waals surface area contributed by atoms with Crippen molar-refractivity contribution in [3.05, 3.63) is 57.4 Å². The third-order valence-corrected chi connectivity index (χ3v) is 5.51. The van der Waals surface area contributed by atoms with Crippen LogP contribution in [0.4, 0.5) is 0 Å². The van der Waals surface area contributed by atoms with E-state index >= 15 is 0 Å². The molecule has 1 aromatic carbocycles. The van der Waals surface area contributed by atoms with Crippen LogP contribution in [0.15, 0.2) is 40.7 Å². The molecule has 0 saturated heterocycles. The van der Waals surface area contributed by atoms with Crippen molar-refractivity contribution >= 4 is 11.8 Å². The fourth-order valence-electron chi connectivity index (χ4n) is 4.09. The van der Waals surface area contributed by atoms with Gasteiger partial charge in [-0.25, -0.2) is 4.79 Å². The molecule has 0 spiro atoms. The van der Waals surface area contributed by atoms with Crippen LogP contribution in [-0.2, 0) is 14.3 Å². The van der Waals surface area contributed by atoms with E-state index in [-0.39, 0.29) is 23.1 Å². The summed E-state index contributed by atoms with van der Waals surface area (Å²) in [6.45, 7) is 10.2. The molecule has 1 aliphatic carbocycles. The number of hydrogen-bond acceptors (Lipinski definition) is 4. The molecular weight excluding hydrogens is 326 g/mol. The maximum atomic E-state index is 13.1. The van der Waals surface area contributed by atoms with Crippen molar-refractivity contribution in [1.82, 2.24) is 5.32 Å². The summed E-state index contributed by atoms with van der Waals surface area (Å²) in [5.41, 5.74) is 6.18. The third-order valence-electron chi connectivity index (χ3n) is 5.51. The van der Waals surface area contributed by atoms with Crippen LogP contribution in [0.3, 0.4) is 0 Å². The van der Waals surface area contributed by atoms with Gasteiger partial charge in [-0.1, -0.05) is 32.0 Å². The zero-order chi connectivity index (χ0) is 19.2. The monoisotopic (exact) mass is 353 g/mol. The van der Waals surface area contributed by atoms with E-state index in [1.165, 1.54) is 12.7 Å². The van der Waals surface area contributed by atoms with Crippen molar-refractivity contribution in [3.63, 3.8) is 0 Å². The number of esters is 1. The molecule has 1 unspecified atom stereocenters. The van der Waals surface area contributed by atoms with Crippen LogP contribution in [0.1, 0.15) is 56.2 Å². The van der Waals surface area contributed by atoms with E-state index in [4.69, 9.17) is 4.74 Å². The summed E-state index contributed by atoms with van der Waals surface area (Å²) in [4.78, 5) is 25.6. The molecule has 1 heterocycles. The maximum Gasteiger partial charge on any atom is 0.336 e. The molecule has 4 heteroatoms. The van der Waals surface area contributed by atoms with Gasteiger partial charge in [0, 0.05) is 29.3 Å². The van der Waals surface area contributed by atoms with E-state index in [2.05, 4.69) is 45.1 Å². The Bertz CT molecular complexity index is 858. The quantitative estimate of drug-likeness (QED) is 0.814. The lowest BCUT2D eigenvalue weighted by Gasteiger charge is -2.39. The third kappa shape index (κ3) is 3.09. The van der Waals surface area contributed by atoms with Gasteiger partial charge in [0.1, 0.15) is 0 Å². The maximum absolute atomic E-state index is 13.1. The topological polar surface area (TPSA) is 55.4 Å². The van der Waals surface area contributed by atoms with Gasteiger partial charge in [0.2, 0.25) is 0 Å². The highest BCUT2D eigenvalue weighted by molar-refractivity contribution is 6.04. The van der Waals surface area contributed by atoms with E-state index in [9.17, 15) is 9.59 Å². The molecule has 0 aromatic heterocycles. The van der Waals surface area contributed by atoms with Crippen LogP contribution in [-0.4, -0.2) is 18.9 Å². The van der Waals surface area contributed by atoms with Crippen molar-refractivity contribution < 1.29 is 14.3 Å². The fourth-order valence-corrected chi connectivity index (χ4v) is 4.09. The smallest absolute Gasteiger partial charge is 0.336 e. The number of ether oxygens (including phenoxy) is 1. The molecule has 3 rings (SSSR count). The highest BCUT2D eigenvalue weighted by atomic mass is 16.5. The fraction of sp³-hybridized carbons (Fsp3) is 0.455. The summed E-state index contributed by atoms with van der Waals surface area (Å²) < 4.78 is 5.05. The van der Waals surface area contributed by atoms with Crippen LogP contribution >= 0.6 is 0 Å². The highest BCUT2D eigenvalue weighted by Crippen LogP contribution is 2.46. The van der Waals surface area contributed by atoms with Crippen molar-refractivity contribution in [3.8, 4) is 0 Å².